The van der Waals surface area contributed by atoms with Crippen molar-refractivity contribution in [3.63, 3.8) is 0 Å². The van der Waals surface area contributed by atoms with Crippen LogP contribution in [0.1, 0.15) is 64.7 Å². The first kappa shape index (κ1) is 15.3. The molecule has 3 rings (SSSR count). The molecule has 0 aromatic carbocycles. The fourth-order valence-corrected chi connectivity index (χ4v) is 4.81. The zero-order valence-electron chi connectivity index (χ0n) is 13.4. The van der Waals surface area contributed by atoms with Gasteiger partial charge in [0.1, 0.15) is 0 Å². The van der Waals surface area contributed by atoms with Crippen LogP contribution in [0.4, 0.5) is 0 Å². The van der Waals surface area contributed by atoms with Gasteiger partial charge in [0, 0.05) is 32.1 Å². The second-order valence-electron chi connectivity index (χ2n) is 7.39. The Bertz CT molecular complexity index is 379. The summed E-state index contributed by atoms with van der Waals surface area (Å²) in [5.74, 6) is 0.223. The van der Waals surface area contributed by atoms with E-state index in [9.17, 15) is 9.90 Å². The van der Waals surface area contributed by atoms with Crippen molar-refractivity contribution in [1.82, 2.24) is 9.80 Å². The minimum Gasteiger partial charge on any atom is -0.389 e. The van der Waals surface area contributed by atoms with E-state index in [4.69, 9.17) is 0 Å². The molecule has 2 saturated heterocycles. The maximum absolute atomic E-state index is 11.8. The van der Waals surface area contributed by atoms with Crippen LogP contribution in [0.2, 0.25) is 0 Å². The summed E-state index contributed by atoms with van der Waals surface area (Å²) >= 11 is 0. The minimum absolute atomic E-state index is 0.223. The Hall–Kier alpha value is -0.610. The number of hydrogen-bond acceptors (Lipinski definition) is 3. The fraction of sp³-hybridized carbons (Fsp3) is 0.941. The van der Waals surface area contributed by atoms with Crippen LogP contribution in [0.5, 0.6) is 0 Å². The standard InChI is InChI=1S/C17H30N2O2/c1-14(20)19-12-6-8-16(19)15-7-5-11-18(15)13-17(21)9-3-2-4-10-17/h15-16,21H,2-13H2,1H3/t15-,16-/m0/s1. The number of likely N-dealkylation sites (tertiary alicyclic amines) is 2. The van der Waals surface area contributed by atoms with Gasteiger partial charge in [0.15, 0.2) is 0 Å². The molecule has 4 heteroatoms. The van der Waals surface area contributed by atoms with Crippen LogP contribution >= 0.6 is 0 Å². The summed E-state index contributed by atoms with van der Waals surface area (Å²) in [6.45, 7) is 4.54. The lowest BCUT2D eigenvalue weighted by Crippen LogP contribution is -2.52. The van der Waals surface area contributed by atoms with Crippen molar-refractivity contribution in [2.45, 2.75) is 82.4 Å². The monoisotopic (exact) mass is 294 g/mol. The molecule has 1 aliphatic carbocycles. The van der Waals surface area contributed by atoms with Gasteiger partial charge >= 0.3 is 0 Å². The predicted molar refractivity (Wildman–Crippen MR) is 83.0 cm³/mol. The van der Waals surface area contributed by atoms with Gasteiger partial charge in [-0.25, -0.2) is 0 Å². The number of hydrogen-bond donors (Lipinski definition) is 1. The summed E-state index contributed by atoms with van der Waals surface area (Å²) in [4.78, 5) is 16.4. The number of aliphatic hydroxyl groups is 1. The third-order valence-electron chi connectivity index (χ3n) is 5.84. The molecular weight excluding hydrogens is 264 g/mol. The van der Waals surface area contributed by atoms with Gasteiger partial charge in [0.05, 0.1) is 5.60 Å². The lowest BCUT2D eigenvalue weighted by atomic mass is 9.84. The van der Waals surface area contributed by atoms with Gasteiger partial charge in [-0.15, -0.1) is 0 Å². The molecule has 2 aliphatic heterocycles. The Labute approximate surface area is 128 Å². The summed E-state index contributed by atoms with van der Waals surface area (Å²) in [6.07, 6.45) is 10.2. The van der Waals surface area contributed by atoms with Crippen LogP contribution in [0.25, 0.3) is 0 Å². The molecular formula is C17H30N2O2. The Kier molecular flexibility index (Phi) is 4.55. The van der Waals surface area contributed by atoms with Crippen LogP contribution in [0.15, 0.2) is 0 Å². The van der Waals surface area contributed by atoms with Gasteiger partial charge in [-0.2, -0.15) is 0 Å². The lowest BCUT2D eigenvalue weighted by molar-refractivity contribution is -0.130. The predicted octanol–water partition coefficient (Wildman–Crippen LogP) is 2.16. The van der Waals surface area contributed by atoms with E-state index < -0.39 is 5.60 Å². The molecule has 1 N–H and O–H groups in total. The zero-order valence-corrected chi connectivity index (χ0v) is 13.4. The summed E-state index contributed by atoms with van der Waals surface area (Å²) in [6, 6.07) is 0.861. The number of β-amino-alcohol motifs (C(OH)–C–C–N with tert-alkyl or cyclic N) is 1. The summed E-state index contributed by atoms with van der Waals surface area (Å²) < 4.78 is 0. The first-order valence-corrected chi connectivity index (χ1v) is 8.83. The van der Waals surface area contributed by atoms with Crippen molar-refractivity contribution in [1.29, 1.82) is 0 Å². The molecule has 1 saturated carbocycles. The molecule has 0 aromatic heterocycles. The number of rotatable bonds is 3. The molecule has 0 spiro atoms. The normalized spacial score (nSPS) is 33.5. The largest absolute Gasteiger partial charge is 0.389 e. The maximum atomic E-state index is 11.8. The van der Waals surface area contributed by atoms with Crippen LogP contribution in [-0.2, 0) is 4.79 Å². The maximum Gasteiger partial charge on any atom is 0.219 e. The van der Waals surface area contributed by atoms with E-state index in [0.29, 0.717) is 12.1 Å². The quantitative estimate of drug-likeness (QED) is 0.867. The van der Waals surface area contributed by atoms with E-state index in [1.807, 2.05) is 0 Å². The highest BCUT2D eigenvalue weighted by atomic mass is 16.3. The third kappa shape index (κ3) is 3.26. The Morgan fingerprint density at radius 1 is 1.05 bits per heavy atom. The van der Waals surface area contributed by atoms with E-state index in [1.54, 1.807) is 6.92 Å². The number of carbonyl (C=O) groups excluding carboxylic acids is 1. The molecule has 21 heavy (non-hydrogen) atoms. The van der Waals surface area contributed by atoms with Crippen LogP contribution in [0.3, 0.4) is 0 Å². The number of amides is 1. The molecule has 0 radical (unpaired) electrons. The smallest absolute Gasteiger partial charge is 0.219 e. The Balaban J connectivity index is 1.66. The van der Waals surface area contributed by atoms with Crippen LogP contribution in [-0.4, -0.2) is 58.1 Å². The minimum atomic E-state index is -0.472. The first-order chi connectivity index (χ1) is 10.1. The van der Waals surface area contributed by atoms with Crippen LogP contribution in [0, 0.1) is 0 Å². The summed E-state index contributed by atoms with van der Waals surface area (Å²) in [5.41, 5.74) is -0.472. The van der Waals surface area contributed by atoms with Gasteiger partial charge in [-0.05, 0) is 45.1 Å². The van der Waals surface area contributed by atoms with Gasteiger partial charge in [-0.1, -0.05) is 19.3 Å². The second-order valence-corrected chi connectivity index (χ2v) is 7.39. The van der Waals surface area contributed by atoms with Gasteiger partial charge in [-0.3, -0.25) is 9.69 Å². The van der Waals surface area contributed by atoms with E-state index in [-0.39, 0.29) is 5.91 Å². The third-order valence-corrected chi connectivity index (χ3v) is 5.84. The van der Waals surface area contributed by atoms with Crippen molar-refractivity contribution in [2.75, 3.05) is 19.6 Å². The number of carbonyl (C=O) groups is 1. The molecule has 0 aromatic rings. The summed E-state index contributed by atoms with van der Waals surface area (Å²) in [7, 11) is 0. The van der Waals surface area contributed by atoms with Crippen molar-refractivity contribution in [3.8, 4) is 0 Å². The lowest BCUT2D eigenvalue weighted by Gasteiger charge is -2.40. The fourth-order valence-electron chi connectivity index (χ4n) is 4.81. The molecule has 3 fully saturated rings. The van der Waals surface area contributed by atoms with Gasteiger partial charge in [0.25, 0.3) is 0 Å². The molecule has 0 bridgehead atoms. The molecule has 1 amide bonds. The SMILES string of the molecule is CC(=O)N1CCC[C@H]1[C@@H]1CCCN1CC1(O)CCCCC1. The zero-order chi connectivity index (χ0) is 14.9. The highest BCUT2D eigenvalue weighted by Crippen LogP contribution is 2.34. The van der Waals surface area contributed by atoms with Crippen molar-refractivity contribution >= 4 is 5.91 Å². The summed E-state index contributed by atoms with van der Waals surface area (Å²) in [5, 5.41) is 10.8. The van der Waals surface area contributed by atoms with E-state index >= 15 is 0 Å². The Morgan fingerprint density at radius 3 is 2.43 bits per heavy atom. The van der Waals surface area contributed by atoms with E-state index in [2.05, 4.69) is 9.80 Å². The highest BCUT2D eigenvalue weighted by molar-refractivity contribution is 5.74. The topological polar surface area (TPSA) is 43.8 Å². The van der Waals surface area contributed by atoms with Crippen molar-refractivity contribution in [2.24, 2.45) is 0 Å². The Morgan fingerprint density at radius 2 is 1.71 bits per heavy atom. The van der Waals surface area contributed by atoms with E-state index in [1.165, 1.54) is 19.3 Å². The molecule has 2 heterocycles. The molecule has 4 nitrogen and oxygen atoms in total. The molecule has 2 atom stereocenters. The first-order valence-electron chi connectivity index (χ1n) is 8.83. The average molecular weight is 294 g/mol. The molecule has 3 aliphatic rings. The molecule has 0 unspecified atom stereocenters. The van der Waals surface area contributed by atoms with Gasteiger partial charge in [0.2, 0.25) is 5.91 Å². The number of nitrogens with zero attached hydrogens (tertiary/aromatic N) is 2. The van der Waals surface area contributed by atoms with Crippen molar-refractivity contribution in [3.05, 3.63) is 0 Å². The second kappa shape index (κ2) is 6.25. The van der Waals surface area contributed by atoms with Crippen LogP contribution < -0.4 is 0 Å². The van der Waals surface area contributed by atoms with Gasteiger partial charge < -0.3 is 10.0 Å². The van der Waals surface area contributed by atoms with Crippen molar-refractivity contribution < 1.29 is 9.90 Å². The molecule has 120 valence electrons. The van der Waals surface area contributed by atoms with E-state index in [0.717, 1.165) is 58.2 Å². The average Bonchev–Trinajstić information content (AvgIpc) is 3.06. The highest BCUT2D eigenvalue weighted by Gasteiger charge is 2.41.